The lowest BCUT2D eigenvalue weighted by molar-refractivity contribution is -0.143. The number of guanidine groups is 1. The van der Waals surface area contributed by atoms with Crippen LogP contribution in [0.15, 0.2) is 36.4 Å². The van der Waals surface area contributed by atoms with E-state index in [1.807, 2.05) is 0 Å². The van der Waals surface area contributed by atoms with Gasteiger partial charge in [-0.15, -0.1) is 0 Å². The number of hydrogen-bond donors (Lipinski definition) is 4. The van der Waals surface area contributed by atoms with E-state index in [2.05, 4.69) is 0 Å². The minimum atomic E-state index is -5.13. The molecule has 0 radical (unpaired) electrons. The first-order valence-electron chi connectivity index (χ1n) is 14.2. The maximum absolute atomic E-state index is 13.7. The molecule has 1 aliphatic carbocycles. The average Bonchev–Trinajstić information content (AvgIpc) is 3.78. The van der Waals surface area contributed by atoms with Crippen LogP contribution in [0.5, 0.6) is 0 Å². The fourth-order valence-electron chi connectivity index (χ4n) is 5.20. The fourth-order valence-corrected chi connectivity index (χ4v) is 5.20. The van der Waals surface area contributed by atoms with Gasteiger partial charge in [0.1, 0.15) is 0 Å². The Morgan fingerprint density at radius 1 is 0.913 bits per heavy atom. The molecule has 2 atom stereocenters. The van der Waals surface area contributed by atoms with Gasteiger partial charge in [-0.3, -0.25) is 10.3 Å². The SMILES string of the molecule is CC(C)OC(=O)N1c2ccc(C(F)(F)F)cc2C(N(Cc2cc(C(F)(F)F)cc(C(F)(F)F)c2)C(=N)N)CC1C1CC1.NCCN. The van der Waals surface area contributed by atoms with E-state index in [1.165, 1.54) is 4.90 Å². The Morgan fingerprint density at radius 3 is 1.85 bits per heavy atom. The van der Waals surface area contributed by atoms with Gasteiger partial charge in [-0.2, -0.15) is 39.5 Å². The average molecular weight is 671 g/mol. The number of rotatable bonds is 6. The molecule has 2 unspecified atom stereocenters. The Labute approximate surface area is 259 Å². The highest BCUT2D eigenvalue weighted by Crippen LogP contribution is 2.50. The molecule has 17 heteroatoms. The van der Waals surface area contributed by atoms with Crippen molar-refractivity contribution in [1.29, 1.82) is 5.41 Å². The van der Waals surface area contributed by atoms with Crippen LogP contribution in [0.4, 0.5) is 50.0 Å². The van der Waals surface area contributed by atoms with Crippen molar-refractivity contribution in [2.45, 2.75) is 76.4 Å². The number of nitrogens with two attached hydrogens (primary N) is 3. The van der Waals surface area contributed by atoms with Gasteiger partial charge in [0, 0.05) is 25.7 Å². The fraction of sp³-hybridized carbons (Fsp3) is 0.517. The van der Waals surface area contributed by atoms with Gasteiger partial charge in [0.25, 0.3) is 0 Å². The van der Waals surface area contributed by atoms with Gasteiger partial charge in [0.2, 0.25) is 0 Å². The zero-order chi connectivity index (χ0) is 34.8. The molecule has 256 valence electrons. The van der Waals surface area contributed by atoms with Crippen molar-refractivity contribution in [3.8, 4) is 0 Å². The highest BCUT2D eigenvalue weighted by molar-refractivity contribution is 5.91. The van der Waals surface area contributed by atoms with E-state index in [0.29, 0.717) is 38.1 Å². The van der Waals surface area contributed by atoms with Crippen LogP contribution in [-0.4, -0.2) is 42.2 Å². The Bertz CT molecular complexity index is 1360. The number of alkyl halides is 9. The van der Waals surface area contributed by atoms with Gasteiger partial charge >= 0.3 is 24.6 Å². The number of nitrogens with zero attached hydrogens (tertiary/aromatic N) is 2. The summed E-state index contributed by atoms with van der Waals surface area (Å²) in [6, 6.07) is 1.66. The van der Waals surface area contributed by atoms with Gasteiger partial charge < -0.3 is 26.8 Å². The van der Waals surface area contributed by atoms with E-state index >= 15 is 0 Å². The molecule has 1 heterocycles. The van der Waals surface area contributed by atoms with Crippen molar-refractivity contribution < 1.29 is 49.0 Å². The molecule has 2 aliphatic rings. The molecule has 1 saturated carbocycles. The van der Waals surface area contributed by atoms with Crippen molar-refractivity contribution in [2.75, 3.05) is 18.0 Å². The molecule has 46 heavy (non-hydrogen) atoms. The standard InChI is InChI=1S/C27H27F9N4O2.C2H8N2/c1-13(2)42-24(41)40-20-6-5-16(25(28,29)30)10-19(20)22(11-21(40)15-3-4-15)39(23(37)38)12-14-7-17(26(31,32)33)9-18(8-14)27(34,35)36;3-1-2-4/h5-10,13,15,21-22H,3-4,11-12H2,1-2H3,(H3,37,38);1-4H2. The first-order chi connectivity index (χ1) is 21.2. The molecule has 0 aromatic heterocycles. The molecule has 1 fully saturated rings. The van der Waals surface area contributed by atoms with Crippen molar-refractivity contribution >= 4 is 17.7 Å². The third kappa shape index (κ3) is 8.96. The van der Waals surface area contributed by atoms with Crippen molar-refractivity contribution in [1.82, 2.24) is 4.90 Å². The molecular formula is C29H35F9N6O2. The maximum Gasteiger partial charge on any atom is 0.416 e. The van der Waals surface area contributed by atoms with Crippen LogP contribution < -0.4 is 22.1 Å². The molecule has 8 nitrogen and oxygen atoms in total. The Balaban J connectivity index is 0.00000136. The lowest BCUT2D eigenvalue weighted by Crippen LogP contribution is -2.51. The number of benzene rings is 2. The third-order valence-corrected chi connectivity index (χ3v) is 7.32. The summed E-state index contributed by atoms with van der Waals surface area (Å²) in [6.07, 6.45) is -15.2. The van der Waals surface area contributed by atoms with E-state index in [0.717, 1.165) is 23.1 Å². The first-order valence-corrected chi connectivity index (χ1v) is 14.2. The number of amides is 1. The summed E-state index contributed by atoms with van der Waals surface area (Å²) in [7, 11) is 0. The molecule has 0 saturated heterocycles. The number of hydrogen-bond acceptors (Lipinski definition) is 5. The molecule has 2 aromatic carbocycles. The van der Waals surface area contributed by atoms with Crippen LogP contribution in [0.1, 0.15) is 67.0 Å². The second-order valence-electron chi connectivity index (χ2n) is 11.2. The van der Waals surface area contributed by atoms with Crippen LogP contribution >= 0.6 is 0 Å². The number of nitrogens with one attached hydrogen (secondary N) is 1. The number of carbonyl (C=O) groups excluding carboxylic acids is 1. The van der Waals surface area contributed by atoms with Gasteiger partial charge in [0.05, 0.1) is 34.5 Å². The van der Waals surface area contributed by atoms with Crippen LogP contribution in [0.25, 0.3) is 0 Å². The molecule has 7 N–H and O–H groups in total. The van der Waals surface area contributed by atoms with Gasteiger partial charge in [-0.1, -0.05) is 0 Å². The maximum atomic E-state index is 13.7. The van der Waals surface area contributed by atoms with E-state index < -0.39 is 77.6 Å². The van der Waals surface area contributed by atoms with Crippen LogP contribution in [0, 0.1) is 11.3 Å². The third-order valence-electron chi connectivity index (χ3n) is 7.32. The molecule has 1 amide bonds. The number of fused-ring (bicyclic) bond motifs is 1. The first kappa shape index (κ1) is 36.7. The number of anilines is 1. The summed E-state index contributed by atoms with van der Waals surface area (Å²) < 4.78 is 128. The topological polar surface area (TPSA) is 135 Å². The Morgan fingerprint density at radius 2 is 1.43 bits per heavy atom. The van der Waals surface area contributed by atoms with Gasteiger partial charge in [-0.25, -0.2) is 4.79 Å². The second-order valence-corrected chi connectivity index (χ2v) is 11.2. The predicted molar refractivity (Wildman–Crippen MR) is 151 cm³/mol. The summed E-state index contributed by atoms with van der Waals surface area (Å²) in [5.41, 5.74) is 10.7. The van der Waals surface area contributed by atoms with Gasteiger partial charge in [-0.05, 0) is 86.6 Å². The number of carbonyl (C=O) groups is 1. The van der Waals surface area contributed by atoms with E-state index in [1.54, 1.807) is 13.8 Å². The van der Waals surface area contributed by atoms with Crippen LogP contribution in [-0.2, 0) is 29.8 Å². The molecule has 0 spiro atoms. The number of halogens is 9. The Hall–Kier alpha value is -3.73. The predicted octanol–water partition coefficient (Wildman–Crippen LogP) is 6.62. The van der Waals surface area contributed by atoms with Gasteiger partial charge in [0.15, 0.2) is 5.96 Å². The summed E-state index contributed by atoms with van der Waals surface area (Å²) in [4.78, 5) is 15.3. The highest BCUT2D eigenvalue weighted by atomic mass is 19.4. The monoisotopic (exact) mass is 670 g/mol. The normalized spacial score (nSPS) is 18.4. The van der Waals surface area contributed by atoms with Crippen LogP contribution in [0.3, 0.4) is 0 Å². The highest BCUT2D eigenvalue weighted by Gasteiger charge is 2.47. The van der Waals surface area contributed by atoms with Crippen molar-refractivity contribution in [3.05, 3.63) is 64.2 Å². The van der Waals surface area contributed by atoms with Crippen molar-refractivity contribution in [3.63, 3.8) is 0 Å². The van der Waals surface area contributed by atoms with E-state index in [4.69, 9.17) is 27.3 Å². The molecule has 2 aromatic rings. The molecular weight excluding hydrogens is 635 g/mol. The molecule has 4 rings (SSSR count). The summed E-state index contributed by atoms with van der Waals surface area (Å²) in [6.45, 7) is 3.62. The van der Waals surface area contributed by atoms with E-state index in [-0.39, 0.29) is 29.7 Å². The lowest BCUT2D eigenvalue weighted by atomic mass is 9.86. The summed E-state index contributed by atoms with van der Waals surface area (Å²) in [5.74, 6) is -0.885. The van der Waals surface area contributed by atoms with Crippen LogP contribution in [0.2, 0.25) is 0 Å². The molecule has 1 aliphatic heterocycles. The molecule has 0 bridgehead atoms. The van der Waals surface area contributed by atoms with Crippen molar-refractivity contribution in [2.24, 2.45) is 23.1 Å². The second kappa shape index (κ2) is 13.9. The summed E-state index contributed by atoms with van der Waals surface area (Å²) in [5, 5.41) is 8.16. The smallest absolute Gasteiger partial charge is 0.416 e. The Kier molecular flexibility index (Phi) is 11.1. The largest absolute Gasteiger partial charge is 0.446 e. The minimum Gasteiger partial charge on any atom is -0.446 e. The minimum absolute atomic E-state index is 0.0214. The zero-order valence-corrected chi connectivity index (χ0v) is 24.9. The number of ether oxygens (including phenoxy) is 1. The lowest BCUT2D eigenvalue weighted by Gasteiger charge is -2.45. The van der Waals surface area contributed by atoms with E-state index in [9.17, 15) is 44.3 Å². The quantitative estimate of drug-likeness (QED) is 0.155. The zero-order valence-electron chi connectivity index (χ0n) is 24.9. The summed E-state index contributed by atoms with van der Waals surface area (Å²) >= 11 is 0.